The topological polar surface area (TPSA) is 77.4 Å². The minimum absolute atomic E-state index is 0.0226. The number of rotatable bonds is 13. The molecule has 19 heavy (non-hydrogen) atoms. The SMILES string of the molecule is CC(COCC(C)OCC(C)OCCO)OCCO. The molecule has 0 amide bonds. The minimum Gasteiger partial charge on any atom is -0.394 e. The Hall–Kier alpha value is -0.240. The van der Waals surface area contributed by atoms with Gasteiger partial charge in [-0.15, -0.1) is 0 Å². The fourth-order valence-corrected chi connectivity index (χ4v) is 1.35. The van der Waals surface area contributed by atoms with Crippen molar-refractivity contribution in [3.05, 3.63) is 0 Å². The Bertz CT molecular complexity index is 190. The predicted molar refractivity (Wildman–Crippen MR) is 71.2 cm³/mol. The van der Waals surface area contributed by atoms with Crippen molar-refractivity contribution < 1.29 is 29.2 Å². The second kappa shape index (κ2) is 12.8. The summed E-state index contributed by atoms with van der Waals surface area (Å²) in [5, 5.41) is 17.2. The highest BCUT2D eigenvalue weighted by atomic mass is 16.6. The van der Waals surface area contributed by atoms with Crippen molar-refractivity contribution in [3.63, 3.8) is 0 Å². The maximum Gasteiger partial charge on any atom is 0.0781 e. The largest absolute Gasteiger partial charge is 0.394 e. The lowest BCUT2D eigenvalue weighted by molar-refractivity contribution is -0.0762. The first-order valence-corrected chi connectivity index (χ1v) is 6.74. The van der Waals surface area contributed by atoms with Gasteiger partial charge in [0.2, 0.25) is 0 Å². The monoisotopic (exact) mass is 280 g/mol. The lowest BCUT2D eigenvalue weighted by atomic mass is 10.4. The maximum atomic E-state index is 8.61. The standard InChI is InChI=1S/C13H28O6/c1-11(17-6-4-14)8-16-9-12(2)19-10-13(3)18-7-5-15/h11-15H,4-10H2,1-3H3. The average Bonchev–Trinajstić information content (AvgIpc) is 2.40. The van der Waals surface area contributed by atoms with Crippen molar-refractivity contribution in [2.75, 3.05) is 46.2 Å². The van der Waals surface area contributed by atoms with Crippen molar-refractivity contribution >= 4 is 0 Å². The van der Waals surface area contributed by atoms with Crippen molar-refractivity contribution in [2.24, 2.45) is 0 Å². The summed E-state index contributed by atoms with van der Waals surface area (Å²) in [5.41, 5.74) is 0. The van der Waals surface area contributed by atoms with Crippen LogP contribution in [0.3, 0.4) is 0 Å². The summed E-state index contributed by atoms with van der Waals surface area (Å²) in [7, 11) is 0. The maximum absolute atomic E-state index is 8.61. The molecule has 0 aromatic carbocycles. The summed E-state index contributed by atoms with van der Waals surface area (Å²) in [6.45, 7) is 7.86. The Balaban J connectivity index is 3.45. The smallest absolute Gasteiger partial charge is 0.0781 e. The molecule has 0 radical (unpaired) electrons. The van der Waals surface area contributed by atoms with Crippen LogP contribution in [0.4, 0.5) is 0 Å². The fraction of sp³-hybridized carbons (Fsp3) is 1.00. The summed E-state index contributed by atoms with van der Waals surface area (Å²) in [6.07, 6.45) is -0.0993. The summed E-state index contributed by atoms with van der Waals surface area (Å²) < 4.78 is 21.5. The van der Waals surface area contributed by atoms with Crippen molar-refractivity contribution in [1.29, 1.82) is 0 Å². The van der Waals surface area contributed by atoms with Crippen LogP contribution in [-0.4, -0.2) is 74.8 Å². The molecule has 0 aliphatic rings. The van der Waals surface area contributed by atoms with E-state index in [2.05, 4.69) is 0 Å². The van der Waals surface area contributed by atoms with Gasteiger partial charge in [0.25, 0.3) is 0 Å². The Morgan fingerprint density at radius 3 is 1.58 bits per heavy atom. The van der Waals surface area contributed by atoms with Crippen LogP contribution < -0.4 is 0 Å². The van der Waals surface area contributed by atoms with Gasteiger partial charge in [0.1, 0.15) is 0 Å². The first-order chi connectivity index (χ1) is 9.10. The van der Waals surface area contributed by atoms with Crippen LogP contribution in [-0.2, 0) is 18.9 Å². The van der Waals surface area contributed by atoms with Gasteiger partial charge in [0.05, 0.1) is 64.6 Å². The molecular formula is C13H28O6. The Kier molecular flexibility index (Phi) is 12.6. The zero-order valence-electron chi connectivity index (χ0n) is 12.2. The molecule has 0 aromatic heterocycles. The quantitative estimate of drug-likeness (QED) is 0.502. The average molecular weight is 280 g/mol. The number of hydrogen-bond acceptors (Lipinski definition) is 6. The molecule has 6 nitrogen and oxygen atoms in total. The first-order valence-electron chi connectivity index (χ1n) is 6.74. The van der Waals surface area contributed by atoms with E-state index in [1.165, 1.54) is 0 Å². The van der Waals surface area contributed by atoms with Crippen LogP contribution in [0.25, 0.3) is 0 Å². The van der Waals surface area contributed by atoms with Crippen molar-refractivity contribution in [1.82, 2.24) is 0 Å². The number of ether oxygens (including phenoxy) is 4. The van der Waals surface area contributed by atoms with Gasteiger partial charge in [0.15, 0.2) is 0 Å². The lowest BCUT2D eigenvalue weighted by Crippen LogP contribution is -2.26. The van der Waals surface area contributed by atoms with E-state index in [0.717, 1.165) is 0 Å². The molecule has 6 heteroatoms. The van der Waals surface area contributed by atoms with Gasteiger partial charge >= 0.3 is 0 Å². The second-order valence-electron chi connectivity index (χ2n) is 4.49. The molecule has 0 saturated heterocycles. The summed E-state index contributed by atoms with van der Waals surface area (Å²) >= 11 is 0. The molecule has 0 fully saturated rings. The molecule has 2 N–H and O–H groups in total. The highest BCUT2D eigenvalue weighted by molar-refractivity contribution is 4.54. The summed E-state index contributed by atoms with van der Waals surface area (Å²) in [4.78, 5) is 0. The van der Waals surface area contributed by atoms with Crippen LogP contribution >= 0.6 is 0 Å². The first kappa shape index (κ1) is 18.8. The normalized spacial score (nSPS) is 16.3. The molecule has 0 rings (SSSR count). The molecule has 0 bridgehead atoms. The highest BCUT2D eigenvalue weighted by Gasteiger charge is 2.08. The molecule has 0 aliphatic carbocycles. The van der Waals surface area contributed by atoms with Crippen LogP contribution in [0.2, 0.25) is 0 Å². The van der Waals surface area contributed by atoms with Crippen LogP contribution in [0.1, 0.15) is 20.8 Å². The van der Waals surface area contributed by atoms with Gasteiger partial charge < -0.3 is 29.2 Å². The Morgan fingerprint density at radius 1 is 0.684 bits per heavy atom. The third-order valence-electron chi connectivity index (χ3n) is 2.31. The Labute approximate surface area is 115 Å². The van der Waals surface area contributed by atoms with E-state index in [0.29, 0.717) is 33.0 Å². The minimum atomic E-state index is -0.0404. The van der Waals surface area contributed by atoms with Gasteiger partial charge in [-0.1, -0.05) is 0 Å². The number of aliphatic hydroxyl groups is 2. The number of aliphatic hydroxyl groups excluding tert-OH is 2. The molecule has 116 valence electrons. The van der Waals surface area contributed by atoms with Gasteiger partial charge in [-0.2, -0.15) is 0 Å². The van der Waals surface area contributed by atoms with E-state index in [1.807, 2.05) is 20.8 Å². The van der Waals surface area contributed by atoms with Gasteiger partial charge in [0, 0.05) is 0 Å². The van der Waals surface area contributed by atoms with Gasteiger partial charge in [-0.3, -0.25) is 0 Å². The van der Waals surface area contributed by atoms with E-state index in [4.69, 9.17) is 29.2 Å². The van der Waals surface area contributed by atoms with Crippen LogP contribution in [0.15, 0.2) is 0 Å². The molecule has 0 heterocycles. The van der Waals surface area contributed by atoms with E-state index < -0.39 is 0 Å². The van der Waals surface area contributed by atoms with Gasteiger partial charge in [-0.05, 0) is 20.8 Å². The molecule has 0 saturated carbocycles. The van der Waals surface area contributed by atoms with Crippen molar-refractivity contribution in [3.8, 4) is 0 Å². The zero-order chi connectivity index (χ0) is 14.5. The zero-order valence-corrected chi connectivity index (χ0v) is 12.2. The fourth-order valence-electron chi connectivity index (χ4n) is 1.35. The highest BCUT2D eigenvalue weighted by Crippen LogP contribution is 1.99. The third kappa shape index (κ3) is 12.5. The molecule has 0 spiro atoms. The lowest BCUT2D eigenvalue weighted by Gasteiger charge is -2.18. The molecule has 0 aliphatic heterocycles. The molecular weight excluding hydrogens is 252 g/mol. The van der Waals surface area contributed by atoms with E-state index >= 15 is 0 Å². The van der Waals surface area contributed by atoms with Crippen molar-refractivity contribution in [2.45, 2.75) is 39.1 Å². The van der Waals surface area contributed by atoms with E-state index in [9.17, 15) is 0 Å². The van der Waals surface area contributed by atoms with E-state index in [1.54, 1.807) is 0 Å². The summed E-state index contributed by atoms with van der Waals surface area (Å²) in [5.74, 6) is 0. The summed E-state index contributed by atoms with van der Waals surface area (Å²) in [6, 6.07) is 0. The Morgan fingerprint density at radius 2 is 1.11 bits per heavy atom. The molecule has 0 aromatic rings. The van der Waals surface area contributed by atoms with Gasteiger partial charge in [-0.25, -0.2) is 0 Å². The van der Waals surface area contributed by atoms with Crippen LogP contribution in [0.5, 0.6) is 0 Å². The molecule has 3 unspecified atom stereocenters. The van der Waals surface area contributed by atoms with E-state index in [-0.39, 0.29) is 31.5 Å². The predicted octanol–water partition coefficient (Wildman–Crippen LogP) is 0.203. The second-order valence-corrected chi connectivity index (χ2v) is 4.49. The molecule has 3 atom stereocenters. The third-order valence-corrected chi connectivity index (χ3v) is 2.31. The number of hydrogen-bond donors (Lipinski definition) is 2. The van der Waals surface area contributed by atoms with Crippen LogP contribution in [0, 0.1) is 0 Å².